The number of imidazole rings is 1. The van der Waals surface area contributed by atoms with E-state index in [2.05, 4.69) is 4.98 Å². The largest absolute Gasteiger partial charge is 0.306 e. The van der Waals surface area contributed by atoms with E-state index in [-0.39, 0.29) is 18.8 Å². The smallest absolute Gasteiger partial charge is 0.255 e. The van der Waals surface area contributed by atoms with E-state index in [0.717, 1.165) is 17.1 Å². The molecule has 0 bridgehead atoms. The number of benzene rings is 1. The molecular weight excluding hydrogens is 406 g/mol. The highest BCUT2D eigenvalue weighted by atomic mass is 35.5. The summed E-state index contributed by atoms with van der Waals surface area (Å²) in [5.41, 5.74) is 2.51. The first kappa shape index (κ1) is 20.8. The molecular formula is C22H20ClN3O2S. The van der Waals surface area contributed by atoms with Crippen molar-refractivity contribution in [2.24, 2.45) is 0 Å². The van der Waals surface area contributed by atoms with Crippen LogP contribution in [0.2, 0.25) is 4.34 Å². The maximum atomic E-state index is 12.2. The average molecular weight is 426 g/mol. The monoisotopic (exact) mass is 425 g/mol. The summed E-state index contributed by atoms with van der Waals surface area (Å²) < 4.78 is 4.11. The van der Waals surface area contributed by atoms with Crippen molar-refractivity contribution in [1.82, 2.24) is 14.1 Å². The predicted molar refractivity (Wildman–Crippen MR) is 118 cm³/mol. The zero-order valence-corrected chi connectivity index (χ0v) is 16.4. The summed E-state index contributed by atoms with van der Waals surface area (Å²) in [6, 6.07) is 16.2. The molecule has 0 radical (unpaired) electrons. The Morgan fingerprint density at radius 2 is 1.79 bits per heavy atom. The van der Waals surface area contributed by atoms with E-state index in [4.69, 9.17) is 11.6 Å². The molecule has 148 valence electrons. The summed E-state index contributed by atoms with van der Waals surface area (Å²) in [4.78, 5) is 29.2. The quantitative estimate of drug-likeness (QED) is 0.399. The van der Waals surface area contributed by atoms with Crippen LogP contribution < -0.4 is 5.56 Å². The van der Waals surface area contributed by atoms with Crippen molar-refractivity contribution in [3.05, 3.63) is 98.6 Å². The fraction of sp³-hybridized carbons (Fsp3) is 0.136. The van der Waals surface area contributed by atoms with Crippen LogP contribution in [-0.2, 0) is 6.42 Å². The first-order chi connectivity index (χ1) is 13.6. The lowest BCUT2D eigenvalue weighted by molar-refractivity contribution is 0.0986. The first-order valence-electron chi connectivity index (χ1n) is 8.70. The van der Waals surface area contributed by atoms with Gasteiger partial charge >= 0.3 is 0 Å². The highest BCUT2D eigenvalue weighted by Crippen LogP contribution is 2.23. The maximum Gasteiger partial charge on any atom is 0.255 e. The van der Waals surface area contributed by atoms with Gasteiger partial charge < -0.3 is 4.57 Å². The lowest BCUT2D eigenvalue weighted by atomic mass is 10.1. The molecule has 0 amide bonds. The highest BCUT2D eigenvalue weighted by Gasteiger charge is 2.10. The predicted octanol–water partition coefficient (Wildman–Crippen LogP) is 5.19. The number of halogens is 1. The third-order valence-corrected chi connectivity index (χ3v) is 5.61. The molecule has 0 spiro atoms. The summed E-state index contributed by atoms with van der Waals surface area (Å²) in [6.45, 7) is 0. The number of pyridine rings is 1. The Labute approximate surface area is 177 Å². The molecule has 3 heterocycles. The van der Waals surface area contributed by atoms with Crippen molar-refractivity contribution in [2.45, 2.75) is 20.3 Å². The van der Waals surface area contributed by atoms with Crippen molar-refractivity contribution >= 4 is 28.7 Å². The van der Waals surface area contributed by atoms with Gasteiger partial charge in [0.2, 0.25) is 0 Å². The van der Waals surface area contributed by atoms with E-state index in [0.29, 0.717) is 22.1 Å². The van der Waals surface area contributed by atoms with Crippen LogP contribution in [0.15, 0.2) is 78.1 Å². The van der Waals surface area contributed by atoms with Crippen LogP contribution >= 0.6 is 22.9 Å². The van der Waals surface area contributed by atoms with Gasteiger partial charge in [-0.25, -0.2) is 4.98 Å². The van der Waals surface area contributed by atoms with Crippen molar-refractivity contribution in [2.75, 3.05) is 0 Å². The van der Waals surface area contributed by atoms with Crippen LogP contribution in [0.1, 0.15) is 29.2 Å². The number of hydrogen-bond donors (Lipinski definition) is 0. The normalized spacial score (nSPS) is 10.5. The lowest BCUT2D eigenvalue weighted by Crippen LogP contribution is -2.15. The summed E-state index contributed by atoms with van der Waals surface area (Å²) in [6.07, 6.45) is 6.34. The Morgan fingerprint density at radius 1 is 1.03 bits per heavy atom. The molecule has 0 unspecified atom stereocenters. The van der Waals surface area contributed by atoms with Crippen LogP contribution in [0.25, 0.3) is 11.4 Å². The number of carbonyl (C=O) groups is 1. The Balaban J connectivity index is 0.00000240. The molecule has 0 saturated carbocycles. The van der Waals surface area contributed by atoms with E-state index < -0.39 is 0 Å². The minimum atomic E-state index is -0.0723. The maximum absolute atomic E-state index is 12.2. The van der Waals surface area contributed by atoms with Crippen molar-refractivity contribution in [1.29, 1.82) is 0 Å². The zero-order chi connectivity index (χ0) is 19.5. The number of Topliss-reactive ketones (excluding diaryl/α,β-unsaturated/α-hetero) is 1. The SMILES string of the molecule is C.O=C(CCc1cn(-c2ccc(-n3ccccc3=O)cc2)cn1)c1ccc(Cl)s1. The van der Waals surface area contributed by atoms with Crippen molar-refractivity contribution in [3.63, 3.8) is 0 Å². The number of nitrogens with zero attached hydrogens (tertiary/aromatic N) is 3. The third kappa shape index (κ3) is 4.72. The number of aromatic nitrogens is 3. The second kappa shape index (κ2) is 9.03. The van der Waals surface area contributed by atoms with Crippen LogP contribution in [-0.4, -0.2) is 19.9 Å². The number of thiophene rings is 1. The van der Waals surface area contributed by atoms with E-state index in [1.54, 1.807) is 35.3 Å². The fourth-order valence-electron chi connectivity index (χ4n) is 2.89. The minimum Gasteiger partial charge on any atom is -0.306 e. The Kier molecular flexibility index (Phi) is 6.46. The molecule has 1 aromatic carbocycles. The van der Waals surface area contributed by atoms with Crippen LogP contribution in [0.4, 0.5) is 0 Å². The molecule has 4 aromatic rings. The summed E-state index contributed by atoms with van der Waals surface area (Å²) >= 11 is 7.18. The van der Waals surface area contributed by atoms with Gasteiger partial charge in [-0.1, -0.05) is 25.1 Å². The number of rotatable bonds is 6. The molecule has 0 aliphatic carbocycles. The van der Waals surface area contributed by atoms with E-state index in [9.17, 15) is 9.59 Å². The van der Waals surface area contributed by atoms with Gasteiger partial charge in [0, 0.05) is 36.3 Å². The van der Waals surface area contributed by atoms with E-state index >= 15 is 0 Å². The molecule has 0 aliphatic heterocycles. The van der Waals surface area contributed by atoms with Gasteiger partial charge in [-0.15, -0.1) is 11.3 Å². The molecule has 0 fully saturated rings. The number of hydrogen-bond acceptors (Lipinski definition) is 4. The zero-order valence-electron chi connectivity index (χ0n) is 14.8. The molecule has 3 aromatic heterocycles. The van der Waals surface area contributed by atoms with Gasteiger partial charge in [0.05, 0.1) is 21.2 Å². The summed E-state index contributed by atoms with van der Waals surface area (Å²) in [7, 11) is 0. The standard InChI is InChI=1S/C21H16ClN3O2S.CH4/c22-20-11-10-19(28-20)18(26)9-4-15-13-24(14-23-15)16-5-7-17(8-6-16)25-12-2-1-3-21(25)27;/h1-3,5-8,10-14H,4,9H2;1H4. The van der Waals surface area contributed by atoms with E-state index in [1.807, 2.05) is 41.1 Å². The van der Waals surface area contributed by atoms with Gasteiger partial charge in [0.15, 0.2) is 5.78 Å². The van der Waals surface area contributed by atoms with Crippen molar-refractivity contribution in [3.8, 4) is 11.4 Å². The number of carbonyl (C=O) groups excluding carboxylic acids is 1. The van der Waals surface area contributed by atoms with E-state index in [1.165, 1.54) is 17.4 Å². The second-order valence-corrected chi connectivity index (χ2v) is 7.94. The fourth-order valence-corrected chi connectivity index (χ4v) is 3.90. The van der Waals surface area contributed by atoms with Gasteiger partial charge in [0.1, 0.15) is 0 Å². The average Bonchev–Trinajstić information content (AvgIpc) is 3.36. The summed E-state index contributed by atoms with van der Waals surface area (Å²) in [5.74, 6) is 0.0732. The topological polar surface area (TPSA) is 56.9 Å². The Morgan fingerprint density at radius 3 is 2.48 bits per heavy atom. The van der Waals surface area contributed by atoms with Crippen LogP contribution in [0, 0.1) is 0 Å². The number of ketones is 1. The Hall–Kier alpha value is -2.96. The lowest BCUT2D eigenvalue weighted by Gasteiger charge is -2.07. The molecule has 0 saturated heterocycles. The highest BCUT2D eigenvalue weighted by molar-refractivity contribution is 7.18. The molecule has 4 rings (SSSR count). The molecule has 29 heavy (non-hydrogen) atoms. The van der Waals surface area contributed by atoms with Gasteiger partial charge in [-0.2, -0.15) is 0 Å². The molecule has 7 heteroatoms. The minimum absolute atomic E-state index is 0. The van der Waals surface area contributed by atoms with Crippen molar-refractivity contribution < 1.29 is 4.79 Å². The Bertz CT molecular complexity index is 1180. The molecule has 0 atom stereocenters. The summed E-state index contributed by atoms with van der Waals surface area (Å²) in [5, 5.41) is 0. The molecule has 0 aliphatic rings. The molecule has 0 N–H and O–H groups in total. The molecule has 5 nitrogen and oxygen atoms in total. The van der Waals surface area contributed by atoms with Crippen LogP contribution in [0.3, 0.4) is 0 Å². The first-order valence-corrected chi connectivity index (χ1v) is 9.89. The second-order valence-electron chi connectivity index (χ2n) is 6.22. The van der Waals surface area contributed by atoms with Gasteiger partial charge in [-0.05, 0) is 48.9 Å². The number of aryl methyl sites for hydroxylation is 1. The van der Waals surface area contributed by atoms with Gasteiger partial charge in [-0.3, -0.25) is 14.2 Å². The van der Waals surface area contributed by atoms with Gasteiger partial charge in [0.25, 0.3) is 5.56 Å². The third-order valence-electron chi connectivity index (χ3n) is 4.34. The van der Waals surface area contributed by atoms with Crippen LogP contribution in [0.5, 0.6) is 0 Å².